The molecule has 11 heteroatoms. The van der Waals surface area contributed by atoms with Gasteiger partial charge in [-0.2, -0.15) is 13.2 Å². The van der Waals surface area contributed by atoms with Crippen LogP contribution in [0.25, 0.3) is 0 Å². The maximum absolute atomic E-state index is 13.3. The highest BCUT2D eigenvalue weighted by molar-refractivity contribution is 7.09. The van der Waals surface area contributed by atoms with Crippen molar-refractivity contribution in [2.24, 2.45) is 0 Å². The number of ether oxygens (including phenoxy) is 2. The van der Waals surface area contributed by atoms with Crippen LogP contribution in [0.2, 0.25) is 0 Å². The van der Waals surface area contributed by atoms with Gasteiger partial charge in [0.15, 0.2) is 11.5 Å². The SMILES string of the molecule is O=C(NCc1cccnc1)c1csc(CN(Cc2cccc(C(F)(F)F)c2)Cc2ccc3c(c2)OCO3)n1. The number of alkyl halides is 3. The van der Waals surface area contributed by atoms with E-state index in [1.165, 1.54) is 17.4 Å². The van der Waals surface area contributed by atoms with Crippen LogP contribution in [0.1, 0.15) is 37.7 Å². The summed E-state index contributed by atoms with van der Waals surface area (Å²) in [6.45, 7) is 1.49. The predicted molar refractivity (Wildman–Crippen MR) is 134 cm³/mol. The fraction of sp³-hybridized carbons (Fsp3) is 0.222. The minimum Gasteiger partial charge on any atom is -0.454 e. The summed E-state index contributed by atoms with van der Waals surface area (Å²) in [5, 5.41) is 5.17. The number of halogens is 3. The second-order valence-electron chi connectivity index (χ2n) is 8.70. The van der Waals surface area contributed by atoms with Gasteiger partial charge in [-0.25, -0.2) is 4.98 Å². The second-order valence-corrected chi connectivity index (χ2v) is 9.64. The molecule has 1 aliphatic heterocycles. The molecular formula is C27H23F3N4O3S. The van der Waals surface area contributed by atoms with E-state index in [2.05, 4.69) is 15.3 Å². The molecular weight excluding hydrogens is 517 g/mol. The number of carbonyl (C=O) groups is 1. The maximum Gasteiger partial charge on any atom is 0.416 e. The first-order chi connectivity index (χ1) is 18.3. The Kier molecular flexibility index (Phi) is 7.57. The molecule has 1 aliphatic rings. The zero-order valence-corrected chi connectivity index (χ0v) is 20.9. The lowest BCUT2D eigenvalue weighted by atomic mass is 10.1. The van der Waals surface area contributed by atoms with Crippen LogP contribution < -0.4 is 14.8 Å². The van der Waals surface area contributed by atoms with Gasteiger partial charge in [0.05, 0.1) is 12.1 Å². The normalized spacial score (nSPS) is 12.6. The molecule has 38 heavy (non-hydrogen) atoms. The van der Waals surface area contributed by atoms with Crippen molar-refractivity contribution >= 4 is 17.2 Å². The van der Waals surface area contributed by atoms with Crippen molar-refractivity contribution in [1.29, 1.82) is 0 Å². The van der Waals surface area contributed by atoms with Crippen LogP contribution in [0.15, 0.2) is 72.4 Å². The van der Waals surface area contributed by atoms with Gasteiger partial charge in [0.2, 0.25) is 6.79 Å². The highest BCUT2D eigenvalue weighted by atomic mass is 32.1. The van der Waals surface area contributed by atoms with Crippen molar-refractivity contribution in [3.8, 4) is 11.5 Å². The molecule has 4 aromatic rings. The molecule has 0 spiro atoms. The molecule has 3 heterocycles. The van der Waals surface area contributed by atoms with Gasteiger partial charge < -0.3 is 14.8 Å². The number of amides is 1. The van der Waals surface area contributed by atoms with E-state index in [9.17, 15) is 18.0 Å². The molecule has 196 valence electrons. The number of pyridine rings is 1. The summed E-state index contributed by atoms with van der Waals surface area (Å²) in [5.41, 5.74) is 1.89. The number of thiazole rings is 1. The maximum atomic E-state index is 13.3. The van der Waals surface area contributed by atoms with Gasteiger partial charge in [-0.05, 0) is 41.0 Å². The zero-order chi connectivity index (χ0) is 26.5. The molecule has 7 nitrogen and oxygen atoms in total. The van der Waals surface area contributed by atoms with Crippen molar-refractivity contribution in [2.75, 3.05) is 6.79 Å². The average molecular weight is 541 g/mol. The number of hydrogen-bond acceptors (Lipinski definition) is 7. The summed E-state index contributed by atoms with van der Waals surface area (Å²) in [6.07, 6.45) is -1.09. The Hall–Kier alpha value is -3.96. The lowest BCUT2D eigenvalue weighted by molar-refractivity contribution is -0.137. The number of carbonyl (C=O) groups excluding carboxylic acids is 1. The van der Waals surface area contributed by atoms with Crippen molar-refractivity contribution < 1.29 is 27.4 Å². The van der Waals surface area contributed by atoms with E-state index in [0.29, 0.717) is 41.7 Å². The van der Waals surface area contributed by atoms with Crippen LogP contribution in [0.4, 0.5) is 13.2 Å². The number of nitrogens with one attached hydrogen (secondary N) is 1. The Morgan fingerprint density at radius 3 is 2.55 bits per heavy atom. The van der Waals surface area contributed by atoms with Gasteiger partial charge in [-0.1, -0.05) is 30.3 Å². The number of nitrogens with zero attached hydrogens (tertiary/aromatic N) is 3. The molecule has 2 aromatic heterocycles. The monoisotopic (exact) mass is 540 g/mol. The molecule has 0 saturated carbocycles. The second kappa shape index (κ2) is 11.2. The first-order valence-electron chi connectivity index (χ1n) is 11.7. The summed E-state index contributed by atoms with van der Waals surface area (Å²) < 4.78 is 50.7. The smallest absolute Gasteiger partial charge is 0.416 e. The van der Waals surface area contributed by atoms with Gasteiger partial charge in [0.1, 0.15) is 10.7 Å². The summed E-state index contributed by atoms with van der Waals surface area (Å²) in [6, 6.07) is 14.5. The lowest BCUT2D eigenvalue weighted by Crippen LogP contribution is -2.24. The Bertz CT molecular complexity index is 1410. The van der Waals surface area contributed by atoms with Gasteiger partial charge in [-0.15, -0.1) is 11.3 Å². The van der Waals surface area contributed by atoms with Crippen molar-refractivity contribution in [1.82, 2.24) is 20.2 Å². The van der Waals surface area contributed by atoms with Crippen LogP contribution in [0.5, 0.6) is 11.5 Å². The summed E-state index contributed by atoms with van der Waals surface area (Å²) in [7, 11) is 0. The first kappa shape index (κ1) is 25.7. The largest absolute Gasteiger partial charge is 0.454 e. The minimum absolute atomic E-state index is 0.150. The standard InChI is InChI=1S/C27H23F3N4O3S/c28-27(29,30)21-5-1-3-18(9-21)13-34(14-19-6-7-23-24(10-19)37-17-36-23)15-25-33-22(16-38-25)26(35)32-12-20-4-2-8-31-11-20/h1-11,16H,12-15,17H2,(H,32,35). The van der Waals surface area contributed by atoms with Crippen LogP contribution >= 0.6 is 11.3 Å². The fourth-order valence-corrected chi connectivity index (χ4v) is 4.84. The molecule has 1 N–H and O–H groups in total. The van der Waals surface area contributed by atoms with E-state index in [1.807, 2.05) is 29.2 Å². The molecule has 0 atom stereocenters. The molecule has 0 saturated heterocycles. The Balaban J connectivity index is 1.31. The molecule has 0 radical (unpaired) electrons. The predicted octanol–water partition coefficient (Wildman–Crippen LogP) is 5.42. The molecule has 0 fully saturated rings. The molecule has 1 amide bonds. The van der Waals surface area contributed by atoms with Crippen molar-refractivity contribution in [3.63, 3.8) is 0 Å². The number of fused-ring (bicyclic) bond motifs is 1. The topological polar surface area (TPSA) is 76.6 Å². The van der Waals surface area contributed by atoms with Gasteiger partial charge in [-0.3, -0.25) is 14.7 Å². The summed E-state index contributed by atoms with van der Waals surface area (Å²) >= 11 is 1.33. The van der Waals surface area contributed by atoms with E-state index in [-0.39, 0.29) is 24.9 Å². The Morgan fingerprint density at radius 1 is 0.974 bits per heavy atom. The van der Waals surface area contributed by atoms with Crippen LogP contribution in [0.3, 0.4) is 0 Å². The van der Waals surface area contributed by atoms with E-state index >= 15 is 0 Å². The molecule has 0 bridgehead atoms. The van der Waals surface area contributed by atoms with E-state index in [1.54, 1.807) is 29.9 Å². The summed E-state index contributed by atoms with van der Waals surface area (Å²) in [4.78, 5) is 23.1. The highest BCUT2D eigenvalue weighted by Gasteiger charge is 2.30. The number of aromatic nitrogens is 2. The molecule has 0 unspecified atom stereocenters. The Labute approximate surface area is 220 Å². The van der Waals surface area contributed by atoms with E-state index in [4.69, 9.17) is 9.47 Å². The third-order valence-electron chi connectivity index (χ3n) is 5.82. The van der Waals surface area contributed by atoms with Crippen molar-refractivity contribution in [3.05, 3.63) is 105 Å². The van der Waals surface area contributed by atoms with E-state index < -0.39 is 11.7 Å². The number of benzene rings is 2. The average Bonchev–Trinajstić information content (AvgIpc) is 3.57. The van der Waals surface area contributed by atoms with Gasteiger partial charge in [0, 0.05) is 37.4 Å². The Morgan fingerprint density at radius 2 is 1.76 bits per heavy atom. The molecule has 0 aliphatic carbocycles. The van der Waals surface area contributed by atoms with Gasteiger partial charge >= 0.3 is 6.18 Å². The third kappa shape index (κ3) is 6.48. The van der Waals surface area contributed by atoms with Crippen LogP contribution in [0, 0.1) is 0 Å². The number of hydrogen-bond donors (Lipinski definition) is 1. The molecule has 2 aromatic carbocycles. The van der Waals surface area contributed by atoms with Crippen LogP contribution in [-0.2, 0) is 32.4 Å². The highest BCUT2D eigenvalue weighted by Crippen LogP contribution is 2.33. The quantitative estimate of drug-likeness (QED) is 0.306. The van der Waals surface area contributed by atoms with E-state index in [0.717, 1.165) is 23.3 Å². The fourth-order valence-electron chi connectivity index (χ4n) is 4.02. The summed E-state index contributed by atoms with van der Waals surface area (Å²) in [5.74, 6) is 0.972. The van der Waals surface area contributed by atoms with Crippen molar-refractivity contribution in [2.45, 2.75) is 32.4 Å². The van der Waals surface area contributed by atoms with Crippen LogP contribution in [-0.4, -0.2) is 27.6 Å². The minimum atomic E-state index is -4.43. The number of rotatable bonds is 9. The first-order valence-corrected chi connectivity index (χ1v) is 12.6. The molecule has 5 rings (SSSR count). The lowest BCUT2D eigenvalue weighted by Gasteiger charge is -2.22. The third-order valence-corrected chi connectivity index (χ3v) is 6.66. The van der Waals surface area contributed by atoms with Gasteiger partial charge in [0.25, 0.3) is 5.91 Å². The zero-order valence-electron chi connectivity index (χ0n) is 20.1.